The van der Waals surface area contributed by atoms with E-state index in [1.165, 1.54) is 22.2 Å². The molecule has 3 rings (SSSR count). The Morgan fingerprint density at radius 1 is 1.35 bits per heavy atom. The number of benzene rings is 1. The van der Waals surface area contributed by atoms with E-state index in [9.17, 15) is 4.79 Å². The molecule has 1 aliphatic heterocycles. The highest BCUT2D eigenvalue weighted by atomic mass is 16.2. The maximum atomic E-state index is 12.1. The topological polar surface area (TPSA) is 48.1 Å². The van der Waals surface area contributed by atoms with Crippen LogP contribution in [0.4, 0.5) is 0 Å². The van der Waals surface area contributed by atoms with Crippen LogP contribution in [0.25, 0.3) is 10.9 Å². The molecule has 4 heteroatoms. The number of aromatic amines is 1. The van der Waals surface area contributed by atoms with Gasteiger partial charge < -0.3 is 15.2 Å². The molecule has 0 saturated carbocycles. The van der Waals surface area contributed by atoms with E-state index in [-0.39, 0.29) is 11.9 Å². The van der Waals surface area contributed by atoms with E-state index >= 15 is 0 Å². The van der Waals surface area contributed by atoms with Crippen molar-refractivity contribution in [2.75, 3.05) is 19.6 Å². The van der Waals surface area contributed by atoms with E-state index in [2.05, 4.69) is 41.5 Å². The first-order valence-electron chi connectivity index (χ1n) is 8.79. The average molecular weight is 313 g/mol. The van der Waals surface area contributed by atoms with Crippen LogP contribution in [-0.2, 0) is 11.2 Å². The molecule has 0 fully saturated rings. The Morgan fingerprint density at radius 3 is 2.96 bits per heavy atom. The Labute approximate surface area is 138 Å². The predicted molar refractivity (Wildman–Crippen MR) is 94.5 cm³/mol. The number of H-pyrrole nitrogens is 1. The highest BCUT2D eigenvalue weighted by molar-refractivity contribution is 5.86. The molecule has 0 radical (unpaired) electrons. The summed E-state index contributed by atoms with van der Waals surface area (Å²) in [5.74, 6) is 0.181. The first-order valence-corrected chi connectivity index (χ1v) is 8.79. The van der Waals surface area contributed by atoms with Crippen molar-refractivity contribution < 1.29 is 4.79 Å². The van der Waals surface area contributed by atoms with Gasteiger partial charge in [0.2, 0.25) is 5.91 Å². The lowest BCUT2D eigenvalue weighted by molar-refractivity contribution is -0.132. The third-order valence-electron chi connectivity index (χ3n) is 4.82. The SMILES string of the molecule is CCCNCCCC1c2[nH]c3ccccc3c2CCN1C(C)=O. The van der Waals surface area contributed by atoms with Gasteiger partial charge in [0.05, 0.1) is 6.04 Å². The number of hydrogen-bond donors (Lipinski definition) is 2. The second-order valence-corrected chi connectivity index (χ2v) is 6.43. The number of para-hydroxylation sites is 1. The van der Waals surface area contributed by atoms with Crippen LogP contribution in [-0.4, -0.2) is 35.4 Å². The van der Waals surface area contributed by atoms with Crippen molar-refractivity contribution in [1.82, 2.24) is 15.2 Å². The van der Waals surface area contributed by atoms with Gasteiger partial charge in [0.15, 0.2) is 0 Å². The second-order valence-electron chi connectivity index (χ2n) is 6.43. The number of nitrogens with one attached hydrogen (secondary N) is 2. The molecule has 1 amide bonds. The van der Waals surface area contributed by atoms with E-state index in [0.717, 1.165) is 45.3 Å². The molecule has 124 valence electrons. The lowest BCUT2D eigenvalue weighted by atomic mass is 9.94. The van der Waals surface area contributed by atoms with Crippen molar-refractivity contribution in [3.8, 4) is 0 Å². The molecule has 2 aromatic rings. The minimum absolute atomic E-state index is 0.181. The van der Waals surface area contributed by atoms with Crippen molar-refractivity contribution >= 4 is 16.8 Å². The highest BCUT2D eigenvalue weighted by Crippen LogP contribution is 2.36. The maximum absolute atomic E-state index is 12.1. The second kappa shape index (κ2) is 7.18. The van der Waals surface area contributed by atoms with Gasteiger partial charge in [-0.3, -0.25) is 4.79 Å². The smallest absolute Gasteiger partial charge is 0.220 e. The summed E-state index contributed by atoms with van der Waals surface area (Å²) < 4.78 is 0. The van der Waals surface area contributed by atoms with Gasteiger partial charge in [-0.2, -0.15) is 0 Å². The summed E-state index contributed by atoms with van der Waals surface area (Å²) >= 11 is 0. The number of carbonyl (C=O) groups is 1. The third-order valence-corrected chi connectivity index (χ3v) is 4.82. The van der Waals surface area contributed by atoms with Crippen molar-refractivity contribution in [2.45, 2.75) is 45.6 Å². The molecule has 0 bridgehead atoms. The summed E-state index contributed by atoms with van der Waals surface area (Å²) in [6, 6.07) is 8.67. The number of amides is 1. The Morgan fingerprint density at radius 2 is 2.17 bits per heavy atom. The Kier molecular flexibility index (Phi) is 5.01. The molecular weight excluding hydrogens is 286 g/mol. The largest absolute Gasteiger partial charge is 0.356 e. The van der Waals surface area contributed by atoms with E-state index in [0.29, 0.717) is 0 Å². The van der Waals surface area contributed by atoms with Gasteiger partial charge in [0, 0.05) is 30.1 Å². The molecule has 0 aliphatic carbocycles. The highest BCUT2D eigenvalue weighted by Gasteiger charge is 2.31. The van der Waals surface area contributed by atoms with Crippen molar-refractivity contribution in [3.05, 3.63) is 35.5 Å². The molecule has 1 unspecified atom stereocenters. The van der Waals surface area contributed by atoms with Crippen LogP contribution in [0.5, 0.6) is 0 Å². The minimum Gasteiger partial charge on any atom is -0.356 e. The quantitative estimate of drug-likeness (QED) is 0.803. The van der Waals surface area contributed by atoms with Crippen LogP contribution in [0.3, 0.4) is 0 Å². The van der Waals surface area contributed by atoms with Gasteiger partial charge in [-0.25, -0.2) is 0 Å². The summed E-state index contributed by atoms with van der Waals surface area (Å²) in [5.41, 5.74) is 3.85. The zero-order valence-corrected chi connectivity index (χ0v) is 14.2. The fraction of sp³-hybridized carbons (Fsp3) is 0.526. The Bertz CT molecular complexity index is 676. The molecule has 1 atom stereocenters. The maximum Gasteiger partial charge on any atom is 0.220 e. The van der Waals surface area contributed by atoms with Crippen molar-refractivity contribution in [2.24, 2.45) is 0 Å². The van der Waals surface area contributed by atoms with Gasteiger partial charge in [-0.15, -0.1) is 0 Å². The first-order chi connectivity index (χ1) is 11.2. The van der Waals surface area contributed by atoms with Crippen LogP contribution < -0.4 is 5.32 Å². The standard InChI is InChI=1S/C19H27N3O/c1-3-11-20-12-6-9-18-19-16(10-13-22(18)14(2)23)15-7-4-5-8-17(15)21-19/h4-5,7-8,18,20-21H,3,6,9-13H2,1-2H3. The molecule has 23 heavy (non-hydrogen) atoms. The molecule has 1 aromatic heterocycles. The van der Waals surface area contributed by atoms with Crippen molar-refractivity contribution in [3.63, 3.8) is 0 Å². The lowest BCUT2D eigenvalue weighted by Gasteiger charge is -2.35. The molecule has 1 aromatic carbocycles. The van der Waals surface area contributed by atoms with Crippen molar-refractivity contribution in [1.29, 1.82) is 0 Å². The normalized spacial score (nSPS) is 17.5. The summed E-state index contributed by atoms with van der Waals surface area (Å²) in [5, 5.41) is 4.77. The Hall–Kier alpha value is -1.81. The Balaban J connectivity index is 1.83. The zero-order chi connectivity index (χ0) is 16.2. The van der Waals surface area contributed by atoms with Gasteiger partial charge in [-0.05, 0) is 50.4 Å². The van der Waals surface area contributed by atoms with Gasteiger partial charge in [0.25, 0.3) is 0 Å². The molecule has 2 N–H and O–H groups in total. The number of fused-ring (bicyclic) bond motifs is 3. The average Bonchev–Trinajstić information content (AvgIpc) is 2.93. The third kappa shape index (κ3) is 3.27. The van der Waals surface area contributed by atoms with Crippen LogP contribution in [0.1, 0.15) is 50.4 Å². The summed E-state index contributed by atoms with van der Waals surface area (Å²) in [6.45, 7) is 6.79. The first kappa shape index (κ1) is 16.1. The summed E-state index contributed by atoms with van der Waals surface area (Å²) in [4.78, 5) is 17.7. The fourth-order valence-corrected chi connectivity index (χ4v) is 3.72. The van der Waals surface area contributed by atoms with Crippen LogP contribution >= 0.6 is 0 Å². The van der Waals surface area contributed by atoms with E-state index in [4.69, 9.17) is 0 Å². The number of nitrogens with zero attached hydrogens (tertiary/aromatic N) is 1. The van der Waals surface area contributed by atoms with E-state index in [1.807, 2.05) is 4.90 Å². The summed E-state index contributed by atoms with van der Waals surface area (Å²) in [7, 11) is 0. The molecular formula is C19H27N3O. The number of hydrogen-bond acceptors (Lipinski definition) is 2. The molecule has 0 spiro atoms. The zero-order valence-electron chi connectivity index (χ0n) is 14.2. The monoisotopic (exact) mass is 313 g/mol. The van der Waals surface area contributed by atoms with Gasteiger partial charge in [0.1, 0.15) is 0 Å². The van der Waals surface area contributed by atoms with Crippen LogP contribution in [0, 0.1) is 0 Å². The van der Waals surface area contributed by atoms with Gasteiger partial charge in [-0.1, -0.05) is 25.1 Å². The molecule has 0 saturated heterocycles. The van der Waals surface area contributed by atoms with E-state index < -0.39 is 0 Å². The van der Waals surface area contributed by atoms with Gasteiger partial charge >= 0.3 is 0 Å². The minimum atomic E-state index is 0.181. The van der Waals surface area contributed by atoms with E-state index in [1.54, 1.807) is 6.92 Å². The number of aromatic nitrogens is 1. The molecule has 2 heterocycles. The molecule has 1 aliphatic rings. The lowest BCUT2D eigenvalue weighted by Crippen LogP contribution is -2.39. The number of rotatable bonds is 6. The van der Waals surface area contributed by atoms with Crippen LogP contribution in [0.15, 0.2) is 24.3 Å². The van der Waals surface area contributed by atoms with Crippen LogP contribution in [0.2, 0.25) is 0 Å². The fourth-order valence-electron chi connectivity index (χ4n) is 3.72. The predicted octanol–water partition coefficient (Wildman–Crippen LogP) is 3.39. The molecule has 4 nitrogen and oxygen atoms in total. The number of carbonyl (C=O) groups excluding carboxylic acids is 1. The summed E-state index contributed by atoms with van der Waals surface area (Å²) in [6.07, 6.45) is 4.21.